The molecule has 1 aliphatic heterocycles. The Labute approximate surface area is 260 Å². The summed E-state index contributed by atoms with van der Waals surface area (Å²) in [4.78, 5) is 43.1. The second-order valence-electron chi connectivity index (χ2n) is 11.6. The monoisotopic (exact) mass is 599 g/mol. The van der Waals surface area contributed by atoms with Crippen LogP contribution in [0, 0.1) is 0 Å². The van der Waals surface area contributed by atoms with Crippen molar-refractivity contribution in [2.24, 2.45) is 0 Å². The third-order valence-electron chi connectivity index (χ3n) is 8.55. The molecule has 1 saturated heterocycles. The van der Waals surface area contributed by atoms with Crippen molar-refractivity contribution < 1.29 is 4.74 Å². The largest absolute Gasteiger partial charge is 0.491 e. The number of nitrogens with zero attached hydrogens (tertiary/aromatic N) is 6. The quantitative estimate of drug-likeness (QED) is 0.266. The van der Waals surface area contributed by atoms with Gasteiger partial charge < -0.3 is 15.4 Å². The van der Waals surface area contributed by atoms with Gasteiger partial charge in [-0.05, 0) is 55.8 Å². The SMILES string of the molecule is COc1c(N2C(C)CN(Cc3ccc(-n4c(-c5cccnc5N)nc5ccc(-c6ccccc6)nc54)cc3)C[C@@H]2C)c(=O)c1=O. The van der Waals surface area contributed by atoms with Crippen molar-refractivity contribution in [2.75, 3.05) is 30.8 Å². The summed E-state index contributed by atoms with van der Waals surface area (Å²) in [6, 6.07) is 26.3. The van der Waals surface area contributed by atoms with E-state index in [2.05, 4.69) is 48.0 Å². The fourth-order valence-electron chi connectivity index (χ4n) is 6.55. The first kappa shape index (κ1) is 28.4. The van der Waals surface area contributed by atoms with Crippen molar-refractivity contribution in [3.8, 4) is 34.1 Å². The van der Waals surface area contributed by atoms with Crippen LogP contribution < -0.4 is 26.2 Å². The molecule has 0 amide bonds. The van der Waals surface area contributed by atoms with Crippen LogP contribution in [0.5, 0.6) is 5.75 Å². The van der Waals surface area contributed by atoms with Gasteiger partial charge in [-0.2, -0.15) is 0 Å². The van der Waals surface area contributed by atoms with E-state index in [-0.39, 0.29) is 17.8 Å². The third-order valence-corrected chi connectivity index (χ3v) is 8.55. The smallest absolute Gasteiger partial charge is 0.272 e. The number of methoxy groups -OCH3 is 1. The fraction of sp³-hybridized carbons (Fsp3) is 0.229. The van der Waals surface area contributed by atoms with E-state index >= 15 is 0 Å². The summed E-state index contributed by atoms with van der Waals surface area (Å²) in [5.41, 5.74) is 11.9. The number of anilines is 2. The van der Waals surface area contributed by atoms with Gasteiger partial charge in [0.1, 0.15) is 17.0 Å². The molecule has 0 saturated carbocycles. The summed E-state index contributed by atoms with van der Waals surface area (Å²) in [6.45, 7) is 6.40. The Morgan fingerprint density at radius 1 is 0.867 bits per heavy atom. The van der Waals surface area contributed by atoms with Gasteiger partial charge in [-0.3, -0.25) is 19.1 Å². The number of hydrogen-bond acceptors (Lipinski definition) is 9. The van der Waals surface area contributed by atoms with E-state index in [1.807, 2.05) is 64.1 Å². The maximum absolute atomic E-state index is 12.4. The Balaban J connectivity index is 1.19. The van der Waals surface area contributed by atoms with E-state index in [9.17, 15) is 9.59 Å². The lowest BCUT2D eigenvalue weighted by Crippen LogP contribution is -2.59. The number of nitrogens with two attached hydrogens (primary N) is 1. The molecular formula is C35H33N7O3. The minimum absolute atomic E-state index is 0.0416. The molecule has 7 rings (SSSR count). The number of nitrogen functional groups attached to an aromatic ring is 1. The number of pyridine rings is 2. The van der Waals surface area contributed by atoms with Gasteiger partial charge in [0.2, 0.25) is 0 Å². The lowest BCUT2D eigenvalue weighted by molar-refractivity contribution is 0.191. The Morgan fingerprint density at radius 2 is 1.60 bits per heavy atom. The molecule has 3 aromatic heterocycles. The average molecular weight is 600 g/mol. The Bertz CT molecular complexity index is 2070. The first-order valence-corrected chi connectivity index (χ1v) is 15.0. The molecule has 3 aromatic carbocycles. The van der Waals surface area contributed by atoms with Crippen LogP contribution in [0.25, 0.3) is 39.5 Å². The number of hydrogen-bond donors (Lipinski definition) is 1. The van der Waals surface area contributed by atoms with Crippen LogP contribution in [0.1, 0.15) is 19.4 Å². The highest BCUT2D eigenvalue weighted by molar-refractivity contribution is 5.84. The summed E-state index contributed by atoms with van der Waals surface area (Å²) in [6.07, 6.45) is 1.67. The lowest BCUT2D eigenvalue weighted by atomic mass is 10.0. The standard InChI is InChI=1S/C35H33N7O3/c1-21-18-40(19-22(2)41(21)29-30(43)31(44)32(29)45-3)20-23-11-13-25(14-12-23)42-34(26-10-7-17-37-33(26)36)39-28-16-15-27(38-35(28)42)24-8-5-4-6-9-24/h4-17,21-22H,18-20H2,1-3H3,(H2,36,37)/t21-,22?/m0/s1. The summed E-state index contributed by atoms with van der Waals surface area (Å²) < 4.78 is 7.27. The lowest BCUT2D eigenvalue weighted by Gasteiger charge is -2.46. The summed E-state index contributed by atoms with van der Waals surface area (Å²) in [5, 5.41) is 0. The molecule has 226 valence electrons. The van der Waals surface area contributed by atoms with Crippen molar-refractivity contribution in [2.45, 2.75) is 32.5 Å². The van der Waals surface area contributed by atoms with E-state index in [1.54, 1.807) is 6.20 Å². The highest BCUT2D eigenvalue weighted by Gasteiger charge is 2.36. The number of fused-ring (bicyclic) bond motifs is 1. The number of ether oxygens (including phenoxy) is 1. The molecule has 2 N–H and O–H groups in total. The Kier molecular flexibility index (Phi) is 7.13. The van der Waals surface area contributed by atoms with Crippen LogP contribution in [0.3, 0.4) is 0 Å². The molecule has 0 spiro atoms. The van der Waals surface area contributed by atoms with Crippen LogP contribution in [-0.4, -0.2) is 56.7 Å². The van der Waals surface area contributed by atoms with Crippen LogP contribution in [0.2, 0.25) is 0 Å². The maximum atomic E-state index is 12.4. The number of rotatable bonds is 7. The molecule has 2 atom stereocenters. The molecule has 0 radical (unpaired) electrons. The predicted molar refractivity (Wildman–Crippen MR) is 177 cm³/mol. The van der Waals surface area contributed by atoms with E-state index < -0.39 is 10.9 Å². The number of aromatic nitrogens is 4. The summed E-state index contributed by atoms with van der Waals surface area (Å²) in [7, 11) is 1.44. The molecular weight excluding hydrogens is 566 g/mol. The van der Waals surface area contributed by atoms with E-state index in [0.29, 0.717) is 17.3 Å². The van der Waals surface area contributed by atoms with E-state index in [4.69, 9.17) is 20.4 Å². The Morgan fingerprint density at radius 3 is 2.29 bits per heavy atom. The van der Waals surface area contributed by atoms with E-state index in [0.717, 1.165) is 58.9 Å². The Hall–Kier alpha value is -5.35. The van der Waals surface area contributed by atoms with Gasteiger partial charge in [-0.15, -0.1) is 0 Å². The number of benzene rings is 2. The van der Waals surface area contributed by atoms with Crippen molar-refractivity contribution in [3.63, 3.8) is 0 Å². The van der Waals surface area contributed by atoms with Crippen LogP contribution in [0.4, 0.5) is 11.5 Å². The zero-order valence-corrected chi connectivity index (χ0v) is 25.3. The maximum Gasteiger partial charge on any atom is 0.272 e. The molecule has 1 aliphatic rings. The zero-order chi connectivity index (χ0) is 31.2. The zero-order valence-electron chi connectivity index (χ0n) is 25.3. The van der Waals surface area contributed by atoms with Crippen LogP contribution in [0.15, 0.2) is 94.6 Å². The number of piperazine rings is 1. The van der Waals surface area contributed by atoms with Gasteiger partial charge in [0, 0.05) is 49.2 Å². The summed E-state index contributed by atoms with van der Waals surface area (Å²) >= 11 is 0. The molecule has 1 fully saturated rings. The van der Waals surface area contributed by atoms with E-state index in [1.165, 1.54) is 7.11 Å². The van der Waals surface area contributed by atoms with Gasteiger partial charge >= 0.3 is 0 Å². The predicted octanol–water partition coefficient (Wildman–Crippen LogP) is 4.44. The minimum atomic E-state index is -0.541. The van der Waals surface area contributed by atoms with Gasteiger partial charge in [-0.25, -0.2) is 15.0 Å². The van der Waals surface area contributed by atoms with Crippen LogP contribution >= 0.6 is 0 Å². The molecule has 0 bridgehead atoms. The molecule has 0 aliphatic carbocycles. The molecule has 10 nitrogen and oxygen atoms in total. The second-order valence-corrected chi connectivity index (χ2v) is 11.6. The molecule has 10 heteroatoms. The molecule has 4 heterocycles. The minimum Gasteiger partial charge on any atom is -0.491 e. The first-order chi connectivity index (χ1) is 21.8. The highest BCUT2D eigenvalue weighted by atomic mass is 16.5. The van der Waals surface area contributed by atoms with Crippen molar-refractivity contribution in [3.05, 3.63) is 111 Å². The topological polar surface area (TPSA) is 119 Å². The van der Waals surface area contributed by atoms with Gasteiger partial charge in [0.25, 0.3) is 10.9 Å². The van der Waals surface area contributed by atoms with Gasteiger partial charge in [-0.1, -0.05) is 42.5 Å². The van der Waals surface area contributed by atoms with Crippen molar-refractivity contribution in [1.29, 1.82) is 0 Å². The van der Waals surface area contributed by atoms with Crippen molar-refractivity contribution >= 4 is 22.7 Å². The summed E-state index contributed by atoms with van der Waals surface area (Å²) in [5.74, 6) is 1.25. The normalized spacial score (nSPS) is 17.3. The molecule has 45 heavy (non-hydrogen) atoms. The molecule has 6 aromatic rings. The highest BCUT2D eigenvalue weighted by Crippen LogP contribution is 2.33. The van der Waals surface area contributed by atoms with Crippen LogP contribution in [-0.2, 0) is 6.54 Å². The molecule has 1 unspecified atom stereocenters. The number of imidazole rings is 1. The second kappa shape index (κ2) is 11.3. The first-order valence-electron chi connectivity index (χ1n) is 15.0. The van der Waals surface area contributed by atoms with Gasteiger partial charge in [0.05, 0.1) is 18.4 Å². The fourth-order valence-corrected chi connectivity index (χ4v) is 6.55. The van der Waals surface area contributed by atoms with Gasteiger partial charge in [0.15, 0.2) is 17.2 Å². The average Bonchev–Trinajstić information content (AvgIpc) is 3.43. The van der Waals surface area contributed by atoms with Crippen molar-refractivity contribution in [1.82, 2.24) is 24.4 Å². The third kappa shape index (κ3) is 4.93.